The molecular weight excluding hydrogens is 436 g/mol. The Bertz CT molecular complexity index is 1140. The van der Waals surface area contributed by atoms with Gasteiger partial charge >= 0.3 is 0 Å². The van der Waals surface area contributed by atoms with Crippen molar-refractivity contribution in [3.8, 4) is 0 Å². The largest absolute Gasteiger partial charge is 0.339 e. The van der Waals surface area contributed by atoms with E-state index >= 15 is 0 Å². The molecule has 0 radical (unpaired) electrons. The lowest BCUT2D eigenvalue weighted by Crippen LogP contribution is -2.41. The van der Waals surface area contributed by atoms with Gasteiger partial charge in [-0.2, -0.15) is 0 Å². The van der Waals surface area contributed by atoms with Gasteiger partial charge in [-0.1, -0.05) is 22.9 Å². The molecule has 0 aliphatic carbocycles. The minimum atomic E-state index is -0.170. The molecule has 0 saturated carbocycles. The number of halogens is 1. The number of nitrogens with zero attached hydrogens (tertiary/aromatic N) is 2. The molecule has 4 rings (SSSR count). The van der Waals surface area contributed by atoms with Crippen LogP contribution >= 0.6 is 22.9 Å². The highest BCUT2D eigenvalue weighted by Crippen LogP contribution is 2.29. The normalized spacial score (nSPS) is 14.5. The van der Waals surface area contributed by atoms with Crippen molar-refractivity contribution in [2.75, 3.05) is 23.7 Å². The van der Waals surface area contributed by atoms with E-state index in [2.05, 4.69) is 15.6 Å². The van der Waals surface area contributed by atoms with Gasteiger partial charge in [-0.15, -0.1) is 0 Å². The minimum absolute atomic E-state index is 0.0447. The van der Waals surface area contributed by atoms with Crippen molar-refractivity contribution in [1.82, 2.24) is 9.88 Å². The molecule has 1 aromatic heterocycles. The Morgan fingerprint density at radius 3 is 2.45 bits per heavy atom. The fraction of sp³-hybridized carbons (Fsp3) is 0.273. The standard InChI is InChI=1S/C22H21ClN4O3S/c1-13(28)24-17-6-7-18-19(12-17)31-22(25-18)26-20(29)14-8-10-27(11-9-14)21(30)15-2-4-16(23)5-3-15/h2-7,12,14H,8-11H2,1H3,(H,24,28)(H,25,26,29). The highest BCUT2D eigenvalue weighted by Gasteiger charge is 2.28. The van der Waals surface area contributed by atoms with E-state index in [1.165, 1.54) is 18.3 Å². The topological polar surface area (TPSA) is 91.4 Å². The fourth-order valence-corrected chi connectivity index (χ4v) is 4.62. The molecule has 2 N–H and O–H groups in total. The SMILES string of the molecule is CC(=O)Nc1ccc2nc(NC(=O)C3CCN(C(=O)c4ccc(Cl)cc4)CC3)sc2c1. The number of piperidine rings is 1. The van der Waals surface area contributed by atoms with Crippen LogP contribution in [0.15, 0.2) is 42.5 Å². The van der Waals surface area contributed by atoms with Crippen molar-refractivity contribution in [2.45, 2.75) is 19.8 Å². The molecule has 2 heterocycles. The molecule has 0 unspecified atom stereocenters. The summed E-state index contributed by atoms with van der Waals surface area (Å²) < 4.78 is 0.880. The molecule has 7 nitrogen and oxygen atoms in total. The molecule has 1 aliphatic heterocycles. The van der Waals surface area contributed by atoms with Gasteiger partial charge in [0.1, 0.15) is 0 Å². The smallest absolute Gasteiger partial charge is 0.253 e. The summed E-state index contributed by atoms with van der Waals surface area (Å²) >= 11 is 7.25. The van der Waals surface area contributed by atoms with E-state index in [-0.39, 0.29) is 23.6 Å². The number of carbonyl (C=O) groups is 3. The maximum absolute atomic E-state index is 12.7. The zero-order chi connectivity index (χ0) is 22.0. The number of amides is 3. The molecular formula is C22H21ClN4O3S. The number of likely N-dealkylation sites (tertiary alicyclic amines) is 1. The summed E-state index contributed by atoms with van der Waals surface area (Å²) in [5.74, 6) is -0.439. The van der Waals surface area contributed by atoms with E-state index in [1.807, 2.05) is 12.1 Å². The summed E-state index contributed by atoms with van der Waals surface area (Å²) in [5, 5.41) is 6.76. The molecule has 1 saturated heterocycles. The maximum Gasteiger partial charge on any atom is 0.253 e. The van der Waals surface area contributed by atoms with Gasteiger partial charge in [0, 0.05) is 42.2 Å². The van der Waals surface area contributed by atoms with E-state index in [0.717, 1.165) is 10.2 Å². The molecule has 9 heteroatoms. The molecule has 0 atom stereocenters. The zero-order valence-electron chi connectivity index (χ0n) is 16.9. The first-order valence-corrected chi connectivity index (χ1v) is 11.1. The summed E-state index contributed by atoms with van der Waals surface area (Å²) in [4.78, 5) is 42.8. The summed E-state index contributed by atoms with van der Waals surface area (Å²) in [7, 11) is 0. The van der Waals surface area contributed by atoms with Gasteiger partial charge in [-0.3, -0.25) is 14.4 Å². The average Bonchev–Trinajstić information content (AvgIpc) is 3.15. The second-order valence-electron chi connectivity index (χ2n) is 7.45. The Morgan fingerprint density at radius 2 is 1.77 bits per heavy atom. The third kappa shape index (κ3) is 5.03. The van der Waals surface area contributed by atoms with Crippen LogP contribution in [0.4, 0.5) is 10.8 Å². The quantitative estimate of drug-likeness (QED) is 0.608. The van der Waals surface area contributed by atoms with Crippen LogP contribution < -0.4 is 10.6 Å². The lowest BCUT2D eigenvalue weighted by Gasteiger charge is -2.31. The molecule has 1 aliphatic rings. The first-order chi connectivity index (χ1) is 14.9. The van der Waals surface area contributed by atoms with Crippen molar-refractivity contribution in [2.24, 2.45) is 5.92 Å². The van der Waals surface area contributed by atoms with Gasteiger partial charge in [0.25, 0.3) is 5.91 Å². The number of rotatable bonds is 4. The minimum Gasteiger partial charge on any atom is -0.339 e. The average molecular weight is 457 g/mol. The number of hydrogen-bond donors (Lipinski definition) is 2. The van der Waals surface area contributed by atoms with Crippen LogP contribution in [0.5, 0.6) is 0 Å². The Morgan fingerprint density at radius 1 is 1.06 bits per heavy atom. The van der Waals surface area contributed by atoms with Crippen LogP contribution in [0.3, 0.4) is 0 Å². The van der Waals surface area contributed by atoms with Crippen molar-refractivity contribution in [3.63, 3.8) is 0 Å². The second kappa shape index (κ2) is 9.03. The van der Waals surface area contributed by atoms with Crippen LogP contribution in [0.1, 0.15) is 30.1 Å². The van der Waals surface area contributed by atoms with Crippen LogP contribution in [0.25, 0.3) is 10.2 Å². The van der Waals surface area contributed by atoms with Gasteiger partial charge in [-0.25, -0.2) is 4.98 Å². The van der Waals surface area contributed by atoms with Gasteiger partial charge in [0.2, 0.25) is 11.8 Å². The molecule has 1 fully saturated rings. The summed E-state index contributed by atoms with van der Waals surface area (Å²) in [6.07, 6.45) is 1.20. The van der Waals surface area contributed by atoms with E-state index in [0.29, 0.717) is 47.3 Å². The number of carbonyl (C=O) groups excluding carboxylic acids is 3. The van der Waals surface area contributed by atoms with Crippen LogP contribution in [0, 0.1) is 5.92 Å². The van der Waals surface area contributed by atoms with Crippen LogP contribution in [-0.2, 0) is 9.59 Å². The molecule has 3 aromatic rings. The molecule has 0 spiro atoms. The van der Waals surface area contributed by atoms with Gasteiger partial charge in [0.05, 0.1) is 10.2 Å². The zero-order valence-corrected chi connectivity index (χ0v) is 18.4. The molecule has 0 bridgehead atoms. The third-order valence-electron chi connectivity index (χ3n) is 5.18. The predicted octanol–water partition coefficient (Wildman–Crippen LogP) is 4.40. The van der Waals surface area contributed by atoms with Crippen LogP contribution in [0.2, 0.25) is 5.02 Å². The van der Waals surface area contributed by atoms with Crippen molar-refractivity contribution in [3.05, 3.63) is 53.1 Å². The van der Waals surface area contributed by atoms with Crippen molar-refractivity contribution in [1.29, 1.82) is 0 Å². The van der Waals surface area contributed by atoms with Gasteiger partial charge < -0.3 is 15.5 Å². The number of aromatic nitrogens is 1. The van der Waals surface area contributed by atoms with Crippen LogP contribution in [-0.4, -0.2) is 40.7 Å². The highest BCUT2D eigenvalue weighted by atomic mass is 35.5. The number of anilines is 2. The van der Waals surface area contributed by atoms with Gasteiger partial charge in [0.15, 0.2) is 5.13 Å². The first-order valence-electron chi connectivity index (χ1n) is 9.93. The monoisotopic (exact) mass is 456 g/mol. The Labute approximate surface area is 188 Å². The number of fused-ring (bicyclic) bond motifs is 1. The summed E-state index contributed by atoms with van der Waals surface area (Å²) in [6, 6.07) is 12.3. The Hall–Kier alpha value is -2.97. The third-order valence-corrected chi connectivity index (χ3v) is 6.37. The van der Waals surface area contributed by atoms with Gasteiger partial charge in [-0.05, 0) is 55.3 Å². The first kappa shape index (κ1) is 21.3. The number of nitrogens with one attached hydrogen (secondary N) is 2. The summed E-state index contributed by atoms with van der Waals surface area (Å²) in [5.41, 5.74) is 2.05. The maximum atomic E-state index is 12.7. The van der Waals surface area contributed by atoms with E-state index < -0.39 is 0 Å². The molecule has 160 valence electrons. The number of thiazole rings is 1. The number of benzene rings is 2. The molecule has 2 aromatic carbocycles. The second-order valence-corrected chi connectivity index (χ2v) is 8.91. The van der Waals surface area contributed by atoms with Crippen molar-refractivity contribution >= 4 is 61.7 Å². The Balaban J connectivity index is 1.35. The van der Waals surface area contributed by atoms with E-state index in [9.17, 15) is 14.4 Å². The molecule has 3 amide bonds. The predicted molar refractivity (Wildman–Crippen MR) is 123 cm³/mol. The lowest BCUT2D eigenvalue weighted by atomic mass is 9.95. The van der Waals surface area contributed by atoms with Crippen molar-refractivity contribution < 1.29 is 14.4 Å². The van der Waals surface area contributed by atoms with E-state index in [1.54, 1.807) is 35.2 Å². The lowest BCUT2D eigenvalue weighted by molar-refractivity contribution is -0.121. The molecule has 31 heavy (non-hydrogen) atoms. The fourth-order valence-electron chi connectivity index (χ4n) is 3.59. The summed E-state index contributed by atoms with van der Waals surface area (Å²) in [6.45, 7) is 2.51. The van der Waals surface area contributed by atoms with E-state index in [4.69, 9.17) is 11.6 Å². The highest BCUT2D eigenvalue weighted by molar-refractivity contribution is 7.22. The number of hydrogen-bond acceptors (Lipinski definition) is 5. The Kier molecular flexibility index (Phi) is 6.20.